The number of hydrogen-bond acceptors (Lipinski definition) is 5. The monoisotopic (exact) mass is 329 g/mol. The molecule has 0 unspecified atom stereocenters. The lowest BCUT2D eigenvalue weighted by Crippen LogP contribution is -2.60. The standard InChI is InChI=1S/C18H22N2O4/c1-17(2,3)24-16(23)20-9-5-8-18(20,15(21)22)11-13-6-4-7-14(10-13)12-19/h4,6-7,10H,5,8-9,11H2,1-3H3,(H,21,22)/p-1/t18-/m1/s1. The highest BCUT2D eigenvalue weighted by molar-refractivity contribution is 5.84. The Morgan fingerprint density at radius 3 is 2.71 bits per heavy atom. The highest BCUT2D eigenvalue weighted by Gasteiger charge is 2.46. The molecule has 1 saturated heterocycles. The highest BCUT2D eigenvalue weighted by atomic mass is 16.6. The van der Waals surface area contributed by atoms with Crippen molar-refractivity contribution in [2.45, 2.75) is 51.2 Å². The van der Waals surface area contributed by atoms with E-state index < -0.39 is 23.2 Å². The molecule has 6 heteroatoms. The Labute approximate surface area is 141 Å². The van der Waals surface area contributed by atoms with Crippen molar-refractivity contribution in [2.24, 2.45) is 0 Å². The van der Waals surface area contributed by atoms with Crippen molar-refractivity contribution in [3.05, 3.63) is 35.4 Å². The van der Waals surface area contributed by atoms with Crippen LogP contribution in [0.5, 0.6) is 0 Å². The third-order valence-electron chi connectivity index (χ3n) is 4.04. The van der Waals surface area contributed by atoms with Gasteiger partial charge in [0.1, 0.15) is 5.60 Å². The number of nitrogens with zero attached hydrogens (tertiary/aromatic N) is 2. The van der Waals surface area contributed by atoms with E-state index in [1.54, 1.807) is 45.0 Å². The van der Waals surface area contributed by atoms with E-state index in [1.165, 1.54) is 4.90 Å². The molecule has 1 amide bonds. The Kier molecular flexibility index (Phi) is 4.83. The number of carbonyl (C=O) groups is 2. The van der Waals surface area contributed by atoms with Crippen LogP contribution in [-0.2, 0) is 16.0 Å². The van der Waals surface area contributed by atoms with E-state index in [4.69, 9.17) is 10.00 Å². The van der Waals surface area contributed by atoms with Gasteiger partial charge in [0.25, 0.3) is 0 Å². The van der Waals surface area contributed by atoms with Crippen LogP contribution >= 0.6 is 0 Å². The lowest BCUT2D eigenvalue weighted by Gasteiger charge is -2.40. The fourth-order valence-corrected chi connectivity index (χ4v) is 3.02. The zero-order valence-corrected chi connectivity index (χ0v) is 14.2. The van der Waals surface area contributed by atoms with Gasteiger partial charge in [-0.25, -0.2) is 4.79 Å². The Bertz CT molecular complexity index is 687. The molecule has 1 heterocycles. The van der Waals surface area contributed by atoms with Gasteiger partial charge in [-0.3, -0.25) is 4.90 Å². The SMILES string of the molecule is CC(C)(C)OC(=O)N1CCC[C@@]1(Cc1cccc(C#N)c1)C(=O)[O-]. The molecule has 1 atom stereocenters. The van der Waals surface area contributed by atoms with Crippen molar-refractivity contribution in [1.29, 1.82) is 5.26 Å². The number of benzene rings is 1. The predicted molar refractivity (Wildman–Crippen MR) is 84.8 cm³/mol. The fraction of sp³-hybridized carbons (Fsp3) is 0.500. The molecule has 1 aromatic carbocycles. The molecule has 0 aromatic heterocycles. The van der Waals surface area contributed by atoms with Crippen LogP contribution in [0.15, 0.2) is 24.3 Å². The van der Waals surface area contributed by atoms with E-state index in [9.17, 15) is 14.7 Å². The Morgan fingerprint density at radius 1 is 1.42 bits per heavy atom. The zero-order chi connectivity index (χ0) is 18.0. The second kappa shape index (κ2) is 6.52. The first-order valence-electron chi connectivity index (χ1n) is 7.89. The molecule has 0 aliphatic carbocycles. The molecule has 1 fully saturated rings. The van der Waals surface area contributed by atoms with E-state index in [-0.39, 0.29) is 6.42 Å². The third kappa shape index (κ3) is 3.67. The van der Waals surface area contributed by atoms with Crippen LogP contribution in [-0.4, -0.2) is 34.6 Å². The predicted octanol–water partition coefficient (Wildman–Crippen LogP) is 1.62. The maximum absolute atomic E-state index is 12.5. The Hall–Kier alpha value is -2.55. The van der Waals surface area contributed by atoms with Gasteiger partial charge >= 0.3 is 6.09 Å². The second-order valence-electron chi connectivity index (χ2n) is 7.04. The molecule has 1 aliphatic rings. The van der Waals surface area contributed by atoms with Crippen LogP contribution in [0.25, 0.3) is 0 Å². The largest absolute Gasteiger partial charge is 0.548 e. The van der Waals surface area contributed by atoms with Gasteiger partial charge in [0, 0.05) is 13.0 Å². The molecule has 128 valence electrons. The smallest absolute Gasteiger partial charge is 0.411 e. The lowest BCUT2D eigenvalue weighted by atomic mass is 9.88. The van der Waals surface area contributed by atoms with Crippen LogP contribution in [0.2, 0.25) is 0 Å². The molecular formula is C18H21N2O4-. The molecule has 1 aliphatic heterocycles. The summed E-state index contributed by atoms with van der Waals surface area (Å²) in [7, 11) is 0. The summed E-state index contributed by atoms with van der Waals surface area (Å²) in [5, 5.41) is 20.9. The number of likely N-dealkylation sites (tertiary alicyclic amines) is 1. The van der Waals surface area contributed by atoms with Gasteiger partial charge < -0.3 is 14.6 Å². The van der Waals surface area contributed by atoms with Crippen LogP contribution in [0, 0.1) is 11.3 Å². The summed E-state index contributed by atoms with van der Waals surface area (Å²) >= 11 is 0. The molecule has 0 spiro atoms. The maximum Gasteiger partial charge on any atom is 0.411 e. The number of nitriles is 1. The van der Waals surface area contributed by atoms with E-state index in [2.05, 4.69) is 0 Å². The molecule has 24 heavy (non-hydrogen) atoms. The molecule has 0 N–H and O–H groups in total. The average molecular weight is 329 g/mol. The first-order valence-corrected chi connectivity index (χ1v) is 7.89. The molecule has 2 rings (SSSR count). The van der Waals surface area contributed by atoms with E-state index >= 15 is 0 Å². The van der Waals surface area contributed by atoms with Gasteiger partial charge in [-0.1, -0.05) is 12.1 Å². The number of ether oxygens (including phenoxy) is 1. The first kappa shape index (κ1) is 17.8. The molecule has 6 nitrogen and oxygen atoms in total. The summed E-state index contributed by atoms with van der Waals surface area (Å²) in [6.45, 7) is 5.51. The van der Waals surface area contributed by atoms with Crippen molar-refractivity contribution in [3.63, 3.8) is 0 Å². The number of amides is 1. The van der Waals surface area contributed by atoms with Crippen molar-refractivity contribution in [3.8, 4) is 6.07 Å². The van der Waals surface area contributed by atoms with Gasteiger partial charge in [0.2, 0.25) is 0 Å². The van der Waals surface area contributed by atoms with Crippen molar-refractivity contribution in [1.82, 2.24) is 4.90 Å². The normalized spacial score (nSPS) is 20.5. The number of hydrogen-bond donors (Lipinski definition) is 0. The lowest BCUT2D eigenvalue weighted by molar-refractivity contribution is -0.317. The molecule has 0 bridgehead atoms. The van der Waals surface area contributed by atoms with Crippen LogP contribution in [0.4, 0.5) is 4.79 Å². The number of carbonyl (C=O) groups excluding carboxylic acids is 2. The van der Waals surface area contributed by atoms with E-state index in [1.807, 2.05) is 6.07 Å². The van der Waals surface area contributed by atoms with Crippen LogP contribution < -0.4 is 5.11 Å². The van der Waals surface area contributed by atoms with Gasteiger partial charge in [-0.2, -0.15) is 5.26 Å². The Balaban J connectivity index is 2.33. The molecular weight excluding hydrogens is 308 g/mol. The summed E-state index contributed by atoms with van der Waals surface area (Å²) in [6.07, 6.45) is 0.293. The number of aliphatic carboxylic acids is 1. The fourth-order valence-electron chi connectivity index (χ4n) is 3.02. The van der Waals surface area contributed by atoms with Crippen LogP contribution in [0.1, 0.15) is 44.7 Å². The summed E-state index contributed by atoms with van der Waals surface area (Å²) in [5.74, 6) is -1.30. The van der Waals surface area contributed by atoms with E-state index in [0.29, 0.717) is 30.5 Å². The topological polar surface area (TPSA) is 93.5 Å². The third-order valence-corrected chi connectivity index (χ3v) is 4.04. The first-order chi connectivity index (χ1) is 11.2. The minimum Gasteiger partial charge on any atom is -0.548 e. The quantitative estimate of drug-likeness (QED) is 0.840. The van der Waals surface area contributed by atoms with Gasteiger partial charge in [0.15, 0.2) is 0 Å². The number of carboxylic acid groups (broad SMARTS) is 1. The van der Waals surface area contributed by atoms with Gasteiger partial charge in [0.05, 0.1) is 23.1 Å². The number of carboxylic acids is 1. The van der Waals surface area contributed by atoms with Gasteiger partial charge in [-0.05, 0) is 51.3 Å². The average Bonchev–Trinajstić information content (AvgIpc) is 2.91. The summed E-state index contributed by atoms with van der Waals surface area (Å²) in [4.78, 5) is 25.6. The highest BCUT2D eigenvalue weighted by Crippen LogP contribution is 2.34. The molecule has 0 saturated carbocycles. The maximum atomic E-state index is 12.5. The molecule has 1 aromatic rings. The summed E-state index contributed by atoms with van der Waals surface area (Å²) in [5.41, 5.74) is -1.04. The number of rotatable bonds is 3. The minimum absolute atomic E-state index is 0.0874. The second-order valence-corrected chi connectivity index (χ2v) is 7.04. The van der Waals surface area contributed by atoms with Crippen molar-refractivity contribution < 1.29 is 19.4 Å². The van der Waals surface area contributed by atoms with E-state index in [0.717, 1.165) is 0 Å². The molecule has 0 radical (unpaired) electrons. The summed E-state index contributed by atoms with van der Waals surface area (Å²) < 4.78 is 5.35. The zero-order valence-electron chi connectivity index (χ0n) is 14.2. The van der Waals surface area contributed by atoms with Crippen LogP contribution in [0.3, 0.4) is 0 Å². The minimum atomic E-state index is -1.45. The Morgan fingerprint density at radius 2 is 2.12 bits per heavy atom. The summed E-state index contributed by atoms with van der Waals surface area (Å²) in [6, 6.07) is 8.76. The van der Waals surface area contributed by atoms with Gasteiger partial charge in [-0.15, -0.1) is 0 Å². The van der Waals surface area contributed by atoms with Crippen molar-refractivity contribution in [2.75, 3.05) is 6.54 Å². The van der Waals surface area contributed by atoms with Crippen molar-refractivity contribution >= 4 is 12.1 Å².